The maximum atomic E-state index is 12.1. The van der Waals surface area contributed by atoms with Crippen LogP contribution in [0.25, 0.3) is 0 Å². The van der Waals surface area contributed by atoms with E-state index in [4.69, 9.17) is 11.6 Å². The van der Waals surface area contributed by atoms with Crippen molar-refractivity contribution in [2.45, 2.75) is 32.2 Å². The second-order valence-corrected chi connectivity index (χ2v) is 7.49. The Morgan fingerprint density at radius 1 is 1.11 bits per heavy atom. The summed E-state index contributed by atoms with van der Waals surface area (Å²) >= 11 is 6.02. The number of halogens is 1. The normalized spacial score (nSPS) is 14.3. The summed E-state index contributed by atoms with van der Waals surface area (Å²) in [5, 5.41) is 10.4. The molecule has 0 unspecified atom stereocenters. The molecule has 1 fully saturated rings. The first-order valence-electron chi connectivity index (χ1n) is 9.73. The molecule has 1 aliphatic rings. The second-order valence-electron chi connectivity index (χ2n) is 7.05. The summed E-state index contributed by atoms with van der Waals surface area (Å²) in [5.74, 6) is 1.06. The minimum Gasteiger partial charge on any atom is -0.356 e. The summed E-state index contributed by atoms with van der Waals surface area (Å²) in [6.07, 6.45) is 4.03. The number of guanidine groups is 1. The van der Waals surface area contributed by atoms with Crippen molar-refractivity contribution in [2.24, 2.45) is 10.9 Å². The van der Waals surface area contributed by atoms with Crippen molar-refractivity contribution >= 4 is 29.2 Å². The van der Waals surface area contributed by atoms with Gasteiger partial charge in [0.1, 0.15) is 0 Å². The topological polar surface area (TPSA) is 65.5 Å². The molecule has 0 heterocycles. The molecule has 3 N–H and O–H groups in total. The predicted octanol–water partition coefficient (Wildman–Crippen LogP) is 3.99. The van der Waals surface area contributed by atoms with Crippen LogP contribution in [0, 0.1) is 5.92 Å². The average molecular weight is 399 g/mol. The molecule has 5 nitrogen and oxygen atoms in total. The van der Waals surface area contributed by atoms with Gasteiger partial charge in [0.15, 0.2) is 5.96 Å². The van der Waals surface area contributed by atoms with E-state index >= 15 is 0 Å². The molecule has 6 heteroatoms. The van der Waals surface area contributed by atoms with Gasteiger partial charge >= 0.3 is 0 Å². The molecule has 0 aromatic heterocycles. The molecule has 1 saturated carbocycles. The largest absolute Gasteiger partial charge is 0.356 e. The molecule has 3 rings (SSSR count). The van der Waals surface area contributed by atoms with Crippen molar-refractivity contribution < 1.29 is 4.79 Å². The summed E-state index contributed by atoms with van der Waals surface area (Å²) in [6.45, 7) is 1.39. The first-order chi connectivity index (χ1) is 13.6. The van der Waals surface area contributed by atoms with E-state index in [2.05, 4.69) is 27.0 Å². The quantitative estimate of drug-likeness (QED) is 0.488. The molecular formula is C22H27ClN4O. The molecule has 0 aliphatic heterocycles. The van der Waals surface area contributed by atoms with Crippen LogP contribution < -0.4 is 16.0 Å². The molecule has 0 saturated heterocycles. The highest BCUT2D eigenvalue weighted by Gasteiger charge is 2.25. The molecule has 0 spiro atoms. The molecular weight excluding hydrogens is 372 g/mol. The summed E-state index contributed by atoms with van der Waals surface area (Å²) in [4.78, 5) is 16.4. The summed E-state index contributed by atoms with van der Waals surface area (Å²) in [5.41, 5.74) is 3.12. The van der Waals surface area contributed by atoms with Gasteiger partial charge in [-0.1, -0.05) is 42.3 Å². The SMILES string of the molecule is CN=C(NCCc1cccc(Cl)c1)NCc1cccc(NC(=O)C2CCC2)c1. The molecule has 28 heavy (non-hydrogen) atoms. The highest BCUT2D eigenvalue weighted by atomic mass is 35.5. The summed E-state index contributed by atoms with van der Waals surface area (Å²) < 4.78 is 0. The van der Waals surface area contributed by atoms with E-state index in [0.717, 1.165) is 54.5 Å². The number of nitrogens with zero attached hydrogens (tertiary/aromatic N) is 1. The van der Waals surface area contributed by atoms with Gasteiger partial charge in [0.25, 0.3) is 0 Å². The second kappa shape index (κ2) is 10.1. The van der Waals surface area contributed by atoms with Crippen molar-refractivity contribution in [1.82, 2.24) is 10.6 Å². The number of nitrogens with one attached hydrogen (secondary N) is 3. The molecule has 148 valence electrons. The molecule has 2 aromatic rings. The van der Waals surface area contributed by atoms with Gasteiger partial charge in [-0.25, -0.2) is 0 Å². The van der Waals surface area contributed by atoms with Crippen LogP contribution in [0.5, 0.6) is 0 Å². The van der Waals surface area contributed by atoms with E-state index < -0.39 is 0 Å². The van der Waals surface area contributed by atoms with Crippen LogP contribution in [0.4, 0.5) is 5.69 Å². The highest BCUT2D eigenvalue weighted by molar-refractivity contribution is 6.30. The number of benzene rings is 2. The molecule has 1 aliphatic carbocycles. The highest BCUT2D eigenvalue weighted by Crippen LogP contribution is 2.27. The molecule has 0 radical (unpaired) electrons. The van der Waals surface area contributed by atoms with Gasteiger partial charge in [0.2, 0.25) is 5.91 Å². The van der Waals surface area contributed by atoms with Crippen molar-refractivity contribution in [2.75, 3.05) is 18.9 Å². The zero-order chi connectivity index (χ0) is 19.8. The number of amides is 1. The van der Waals surface area contributed by atoms with Gasteiger partial charge in [-0.2, -0.15) is 0 Å². The zero-order valence-corrected chi connectivity index (χ0v) is 16.9. The molecule has 0 atom stereocenters. The van der Waals surface area contributed by atoms with Crippen LogP contribution in [0.3, 0.4) is 0 Å². The van der Waals surface area contributed by atoms with Gasteiger partial charge in [0.05, 0.1) is 0 Å². The van der Waals surface area contributed by atoms with Crippen molar-refractivity contribution in [3.63, 3.8) is 0 Å². The fraction of sp³-hybridized carbons (Fsp3) is 0.364. The lowest BCUT2D eigenvalue weighted by atomic mass is 9.85. The third kappa shape index (κ3) is 5.99. The first kappa shape index (κ1) is 20.2. The van der Waals surface area contributed by atoms with E-state index in [1.807, 2.05) is 42.5 Å². The standard InChI is InChI=1S/C22H27ClN4O/c1-24-22(25-12-11-16-5-2-9-19(23)13-16)26-15-17-6-3-10-20(14-17)27-21(28)18-7-4-8-18/h2-3,5-6,9-10,13-14,18H,4,7-8,11-12,15H2,1H3,(H,27,28)(H2,24,25,26). The number of hydrogen-bond donors (Lipinski definition) is 3. The van der Waals surface area contributed by atoms with Crippen molar-refractivity contribution in [3.05, 3.63) is 64.7 Å². The van der Waals surface area contributed by atoms with E-state index in [9.17, 15) is 4.79 Å². The predicted molar refractivity (Wildman–Crippen MR) is 116 cm³/mol. The van der Waals surface area contributed by atoms with Gasteiger partial charge in [0, 0.05) is 36.8 Å². The van der Waals surface area contributed by atoms with Crippen LogP contribution in [0.15, 0.2) is 53.5 Å². The number of carbonyl (C=O) groups excluding carboxylic acids is 1. The lowest BCUT2D eigenvalue weighted by Crippen LogP contribution is -2.37. The van der Waals surface area contributed by atoms with Gasteiger partial charge < -0.3 is 16.0 Å². The van der Waals surface area contributed by atoms with Crippen LogP contribution in [0.1, 0.15) is 30.4 Å². The number of anilines is 1. The monoisotopic (exact) mass is 398 g/mol. The maximum absolute atomic E-state index is 12.1. The Morgan fingerprint density at radius 3 is 2.61 bits per heavy atom. The van der Waals surface area contributed by atoms with Crippen molar-refractivity contribution in [1.29, 1.82) is 0 Å². The van der Waals surface area contributed by atoms with Crippen LogP contribution >= 0.6 is 11.6 Å². The fourth-order valence-electron chi connectivity index (χ4n) is 3.10. The third-order valence-electron chi connectivity index (χ3n) is 4.95. The Balaban J connectivity index is 1.45. The number of hydrogen-bond acceptors (Lipinski definition) is 2. The molecule has 0 bridgehead atoms. The lowest BCUT2D eigenvalue weighted by Gasteiger charge is -2.24. The fourth-order valence-corrected chi connectivity index (χ4v) is 3.31. The summed E-state index contributed by atoms with van der Waals surface area (Å²) in [6, 6.07) is 15.8. The van der Waals surface area contributed by atoms with Gasteiger partial charge in [-0.3, -0.25) is 9.79 Å². The third-order valence-corrected chi connectivity index (χ3v) is 5.18. The van der Waals surface area contributed by atoms with Crippen LogP contribution in [-0.4, -0.2) is 25.5 Å². The Bertz CT molecular complexity index is 833. The lowest BCUT2D eigenvalue weighted by molar-refractivity contribution is -0.122. The van der Waals surface area contributed by atoms with Crippen LogP contribution in [-0.2, 0) is 17.8 Å². The van der Waals surface area contributed by atoms with Crippen molar-refractivity contribution in [3.8, 4) is 0 Å². The minimum absolute atomic E-state index is 0.134. The molecule has 1 amide bonds. The molecule has 2 aromatic carbocycles. The smallest absolute Gasteiger partial charge is 0.227 e. The van der Waals surface area contributed by atoms with Gasteiger partial charge in [-0.05, 0) is 54.7 Å². The van der Waals surface area contributed by atoms with E-state index in [1.54, 1.807) is 7.05 Å². The van der Waals surface area contributed by atoms with Crippen LogP contribution in [0.2, 0.25) is 5.02 Å². The number of rotatable bonds is 7. The summed E-state index contributed by atoms with van der Waals surface area (Å²) in [7, 11) is 1.75. The Labute approximate surface area is 171 Å². The Morgan fingerprint density at radius 2 is 1.89 bits per heavy atom. The van der Waals surface area contributed by atoms with Gasteiger partial charge in [-0.15, -0.1) is 0 Å². The maximum Gasteiger partial charge on any atom is 0.227 e. The average Bonchev–Trinajstić information content (AvgIpc) is 2.63. The zero-order valence-electron chi connectivity index (χ0n) is 16.2. The number of aliphatic imine (C=N–C) groups is 1. The Kier molecular flexibility index (Phi) is 7.31. The van der Waals surface area contributed by atoms with E-state index in [-0.39, 0.29) is 11.8 Å². The minimum atomic E-state index is 0.134. The van der Waals surface area contributed by atoms with E-state index in [0.29, 0.717) is 6.54 Å². The van der Waals surface area contributed by atoms with E-state index in [1.165, 1.54) is 5.56 Å². The number of carbonyl (C=O) groups is 1. The first-order valence-corrected chi connectivity index (χ1v) is 10.1. The Hall–Kier alpha value is -2.53.